The van der Waals surface area contributed by atoms with Crippen molar-refractivity contribution in [3.63, 3.8) is 0 Å². The molecule has 0 aromatic carbocycles. The van der Waals surface area contributed by atoms with Gasteiger partial charge in [0.2, 0.25) is 0 Å². The van der Waals surface area contributed by atoms with Gasteiger partial charge in [0.1, 0.15) is 0 Å². The number of hydrogen-bond donors (Lipinski definition) is 0. The highest BCUT2D eigenvalue weighted by molar-refractivity contribution is 5.97. The first-order chi connectivity index (χ1) is 6.68. The van der Waals surface area contributed by atoms with Gasteiger partial charge in [-0.3, -0.25) is 14.6 Å². The summed E-state index contributed by atoms with van der Waals surface area (Å²) in [6.07, 6.45) is 1.78. The molecular formula is C10H9NO3. The van der Waals surface area contributed by atoms with Gasteiger partial charge in [0.25, 0.3) is 0 Å². The summed E-state index contributed by atoms with van der Waals surface area (Å²) in [7, 11) is 0. The Morgan fingerprint density at radius 3 is 2.86 bits per heavy atom. The topological polar surface area (TPSA) is 56.3 Å². The maximum absolute atomic E-state index is 11.3. The molecule has 0 bridgehead atoms. The number of aryl methyl sites for hydroxylation is 1. The number of carbonyl (C=O) groups excluding carboxylic acids is 2. The van der Waals surface area contributed by atoms with Crippen molar-refractivity contribution in [2.75, 3.05) is 0 Å². The fourth-order valence-electron chi connectivity index (χ4n) is 1.58. The van der Waals surface area contributed by atoms with Crippen LogP contribution in [0.5, 0.6) is 0 Å². The predicted octanol–water partition coefficient (Wildman–Crippen LogP) is 0.947. The lowest BCUT2D eigenvalue weighted by Gasteiger charge is -2.06. The maximum atomic E-state index is 11.3. The standard InChI is InChI=1S/C10H9NO3/c1-6-7(3-2-4-11-6)8-5-9(12)14-10(8)13/h2-4,8H,5H2,1H3. The van der Waals surface area contributed by atoms with E-state index in [-0.39, 0.29) is 6.42 Å². The number of carbonyl (C=O) groups is 2. The van der Waals surface area contributed by atoms with Crippen molar-refractivity contribution in [1.29, 1.82) is 0 Å². The predicted molar refractivity (Wildman–Crippen MR) is 47.4 cm³/mol. The van der Waals surface area contributed by atoms with Gasteiger partial charge in [0.15, 0.2) is 0 Å². The Labute approximate surface area is 80.9 Å². The van der Waals surface area contributed by atoms with Gasteiger partial charge in [-0.15, -0.1) is 0 Å². The summed E-state index contributed by atoms with van der Waals surface area (Å²) in [6.45, 7) is 1.81. The summed E-state index contributed by atoms with van der Waals surface area (Å²) < 4.78 is 4.48. The molecule has 1 aromatic heterocycles. The molecule has 1 aliphatic heterocycles. The smallest absolute Gasteiger partial charge is 0.321 e. The third-order valence-corrected chi connectivity index (χ3v) is 2.29. The van der Waals surface area contributed by atoms with Crippen LogP contribution in [0.2, 0.25) is 0 Å². The van der Waals surface area contributed by atoms with E-state index in [4.69, 9.17) is 0 Å². The second kappa shape index (κ2) is 3.21. The molecule has 2 rings (SSSR count). The minimum absolute atomic E-state index is 0.130. The number of hydrogen-bond acceptors (Lipinski definition) is 4. The van der Waals surface area contributed by atoms with Crippen LogP contribution in [-0.2, 0) is 14.3 Å². The number of nitrogens with zero attached hydrogens (tertiary/aromatic N) is 1. The molecule has 4 heteroatoms. The van der Waals surface area contributed by atoms with Gasteiger partial charge in [0.05, 0.1) is 12.3 Å². The highest BCUT2D eigenvalue weighted by Gasteiger charge is 2.35. The molecular weight excluding hydrogens is 182 g/mol. The van der Waals surface area contributed by atoms with Gasteiger partial charge in [-0.2, -0.15) is 0 Å². The van der Waals surface area contributed by atoms with Gasteiger partial charge >= 0.3 is 11.9 Å². The fraction of sp³-hybridized carbons (Fsp3) is 0.300. The lowest BCUT2D eigenvalue weighted by molar-refractivity contribution is -0.152. The Bertz CT molecular complexity index is 400. The maximum Gasteiger partial charge on any atom is 0.321 e. The van der Waals surface area contributed by atoms with Crippen molar-refractivity contribution in [2.24, 2.45) is 0 Å². The minimum atomic E-state index is -0.467. The first-order valence-corrected chi connectivity index (χ1v) is 4.34. The van der Waals surface area contributed by atoms with Crippen LogP contribution in [0.4, 0.5) is 0 Å². The summed E-state index contributed by atoms with van der Waals surface area (Å²) in [5.74, 6) is -1.38. The van der Waals surface area contributed by atoms with E-state index >= 15 is 0 Å². The van der Waals surface area contributed by atoms with Gasteiger partial charge < -0.3 is 4.74 Å². The third-order valence-electron chi connectivity index (χ3n) is 2.29. The van der Waals surface area contributed by atoms with Crippen molar-refractivity contribution >= 4 is 11.9 Å². The SMILES string of the molecule is Cc1ncccc1C1CC(=O)OC1=O. The number of pyridine rings is 1. The first-order valence-electron chi connectivity index (χ1n) is 4.34. The summed E-state index contributed by atoms with van der Waals surface area (Å²) in [4.78, 5) is 26.2. The molecule has 0 saturated carbocycles. The molecule has 1 atom stereocenters. The van der Waals surface area contributed by atoms with Crippen molar-refractivity contribution in [1.82, 2.24) is 4.98 Å². The molecule has 0 spiro atoms. The summed E-state index contributed by atoms with van der Waals surface area (Å²) in [5.41, 5.74) is 1.55. The van der Waals surface area contributed by atoms with Crippen LogP contribution in [0.1, 0.15) is 23.6 Å². The van der Waals surface area contributed by atoms with Crippen LogP contribution in [-0.4, -0.2) is 16.9 Å². The molecule has 0 N–H and O–H groups in total. The second-order valence-electron chi connectivity index (χ2n) is 3.23. The molecule has 2 heterocycles. The lowest BCUT2D eigenvalue weighted by Crippen LogP contribution is -2.07. The summed E-state index contributed by atoms with van der Waals surface area (Å²) >= 11 is 0. The Morgan fingerprint density at radius 2 is 2.29 bits per heavy atom. The van der Waals surface area contributed by atoms with E-state index in [1.807, 2.05) is 6.92 Å². The van der Waals surface area contributed by atoms with Crippen LogP contribution in [0.25, 0.3) is 0 Å². The first kappa shape index (κ1) is 8.87. The molecule has 14 heavy (non-hydrogen) atoms. The molecule has 0 radical (unpaired) electrons. The molecule has 72 valence electrons. The van der Waals surface area contributed by atoms with E-state index in [0.29, 0.717) is 0 Å². The summed E-state index contributed by atoms with van der Waals surface area (Å²) in [5, 5.41) is 0. The van der Waals surface area contributed by atoms with E-state index in [0.717, 1.165) is 11.3 Å². The van der Waals surface area contributed by atoms with Gasteiger partial charge in [0, 0.05) is 11.9 Å². The van der Waals surface area contributed by atoms with Crippen molar-refractivity contribution in [3.05, 3.63) is 29.6 Å². The number of rotatable bonds is 1. The fourth-order valence-corrected chi connectivity index (χ4v) is 1.58. The largest absolute Gasteiger partial charge is 0.393 e. The lowest BCUT2D eigenvalue weighted by atomic mass is 9.97. The molecule has 1 unspecified atom stereocenters. The molecule has 1 aromatic rings. The highest BCUT2D eigenvalue weighted by atomic mass is 16.6. The Kier molecular flexibility index (Phi) is 2.04. The van der Waals surface area contributed by atoms with Gasteiger partial charge in [-0.1, -0.05) is 6.07 Å². The van der Waals surface area contributed by atoms with Crippen LogP contribution < -0.4 is 0 Å². The van der Waals surface area contributed by atoms with E-state index < -0.39 is 17.9 Å². The monoisotopic (exact) mass is 191 g/mol. The van der Waals surface area contributed by atoms with Crippen molar-refractivity contribution in [2.45, 2.75) is 19.3 Å². The zero-order valence-electron chi connectivity index (χ0n) is 7.69. The second-order valence-corrected chi connectivity index (χ2v) is 3.23. The molecule has 1 aliphatic rings. The Morgan fingerprint density at radius 1 is 1.50 bits per heavy atom. The number of esters is 2. The zero-order chi connectivity index (χ0) is 10.1. The normalized spacial score (nSPS) is 21.1. The highest BCUT2D eigenvalue weighted by Crippen LogP contribution is 2.28. The molecule has 1 fully saturated rings. The van der Waals surface area contributed by atoms with Gasteiger partial charge in [-0.25, -0.2) is 0 Å². The number of ether oxygens (including phenoxy) is 1. The summed E-state index contributed by atoms with van der Waals surface area (Å²) in [6, 6.07) is 3.55. The van der Waals surface area contributed by atoms with Crippen LogP contribution >= 0.6 is 0 Å². The van der Waals surface area contributed by atoms with Gasteiger partial charge in [-0.05, 0) is 18.6 Å². The van der Waals surface area contributed by atoms with Crippen LogP contribution in [0.3, 0.4) is 0 Å². The van der Waals surface area contributed by atoms with E-state index in [2.05, 4.69) is 9.72 Å². The van der Waals surface area contributed by atoms with Crippen molar-refractivity contribution < 1.29 is 14.3 Å². The van der Waals surface area contributed by atoms with Crippen LogP contribution in [0, 0.1) is 6.92 Å². The zero-order valence-corrected chi connectivity index (χ0v) is 7.69. The third kappa shape index (κ3) is 1.39. The number of cyclic esters (lactones) is 2. The van der Waals surface area contributed by atoms with Crippen LogP contribution in [0.15, 0.2) is 18.3 Å². The molecule has 1 saturated heterocycles. The average Bonchev–Trinajstić information content (AvgIpc) is 2.46. The Hall–Kier alpha value is -1.71. The quantitative estimate of drug-likeness (QED) is 0.489. The van der Waals surface area contributed by atoms with Crippen molar-refractivity contribution in [3.8, 4) is 0 Å². The Balaban J connectivity index is 2.36. The molecule has 4 nitrogen and oxygen atoms in total. The minimum Gasteiger partial charge on any atom is -0.393 e. The van der Waals surface area contributed by atoms with E-state index in [1.165, 1.54) is 0 Å². The average molecular weight is 191 g/mol. The molecule has 0 amide bonds. The number of aromatic nitrogens is 1. The van der Waals surface area contributed by atoms with E-state index in [9.17, 15) is 9.59 Å². The molecule has 0 aliphatic carbocycles. The van der Waals surface area contributed by atoms with E-state index in [1.54, 1.807) is 18.3 Å².